The number of likely N-dealkylation sites (N-methyl/N-ethyl adjacent to an activating group) is 1. The summed E-state index contributed by atoms with van der Waals surface area (Å²) in [5.41, 5.74) is -0.0166. The molecule has 1 aromatic rings. The fraction of sp³-hybridized carbons (Fsp3) is 0.500. The molecule has 0 aliphatic heterocycles. The zero-order valence-corrected chi connectivity index (χ0v) is 13.9. The normalized spacial score (nSPS) is 12.3. The first-order chi connectivity index (χ1) is 10.2. The Labute approximate surface area is 131 Å². The Hall–Kier alpha value is -2.24. The molecule has 0 radical (unpaired) electrons. The molecule has 1 aromatic carbocycles. The summed E-state index contributed by atoms with van der Waals surface area (Å²) in [6.45, 7) is 5.31. The SMILES string of the molecule is COc1ccc(C(C=O)N(C)C(=O)OC(C)(C)C)cc1OC. The Morgan fingerprint density at radius 2 is 1.77 bits per heavy atom. The number of carbonyl (C=O) groups is 2. The molecule has 122 valence electrons. The highest BCUT2D eigenvalue weighted by Crippen LogP contribution is 2.31. The van der Waals surface area contributed by atoms with Crippen LogP contribution in [0.2, 0.25) is 0 Å². The van der Waals surface area contributed by atoms with Crippen molar-refractivity contribution in [2.45, 2.75) is 32.4 Å². The summed E-state index contributed by atoms with van der Waals surface area (Å²) in [7, 11) is 4.56. The Bertz CT molecular complexity index is 536. The molecule has 0 aromatic heterocycles. The smallest absolute Gasteiger partial charge is 0.410 e. The van der Waals surface area contributed by atoms with Crippen molar-refractivity contribution in [1.29, 1.82) is 0 Å². The van der Waals surface area contributed by atoms with Gasteiger partial charge in [0.25, 0.3) is 0 Å². The summed E-state index contributed by atoms with van der Waals surface area (Å²) in [5.74, 6) is 1.04. The summed E-state index contributed by atoms with van der Waals surface area (Å²) in [6.07, 6.45) is 0.116. The number of nitrogens with zero attached hydrogens (tertiary/aromatic N) is 1. The van der Waals surface area contributed by atoms with Crippen molar-refractivity contribution in [1.82, 2.24) is 4.90 Å². The average molecular weight is 309 g/mol. The van der Waals surface area contributed by atoms with Crippen molar-refractivity contribution >= 4 is 12.4 Å². The van der Waals surface area contributed by atoms with E-state index in [-0.39, 0.29) is 0 Å². The lowest BCUT2D eigenvalue weighted by Crippen LogP contribution is -2.37. The van der Waals surface area contributed by atoms with Crippen LogP contribution < -0.4 is 9.47 Å². The van der Waals surface area contributed by atoms with E-state index in [0.717, 1.165) is 0 Å². The molecule has 0 heterocycles. The molecule has 0 N–H and O–H groups in total. The fourth-order valence-electron chi connectivity index (χ4n) is 1.88. The van der Waals surface area contributed by atoms with Crippen molar-refractivity contribution in [2.75, 3.05) is 21.3 Å². The third-order valence-corrected chi connectivity index (χ3v) is 2.98. The van der Waals surface area contributed by atoms with Crippen molar-refractivity contribution in [3.8, 4) is 11.5 Å². The molecule has 0 bridgehead atoms. The van der Waals surface area contributed by atoms with Gasteiger partial charge in [-0.1, -0.05) is 6.07 Å². The van der Waals surface area contributed by atoms with Crippen molar-refractivity contribution in [3.05, 3.63) is 23.8 Å². The summed E-state index contributed by atoms with van der Waals surface area (Å²) >= 11 is 0. The van der Waals surface area contributed by atoms with Gasteiger partial charge in [-0.2, -0.15) is 0 Å². The molecule has 1 unspecified atom stereocenters. The number of rotatable bonds is 5. The van der Waals surface area contributed by atoms with E-state index in [4.69, 9.17) is 14.2 Å². The lowest BCUT2D eigenvalue weighted by Gasteiger charge is -2.28. The van der Waals surface area contributed by atoms with Gasteiger partial charge in [0.15, 0.2) is 11.5 Å². The highest BCUT2D eigenvalue weighted by Gasteiger charge is 2.26. The number of carbonyl (C=O) groups excluding carboxylic acids is 2. The van der Waals surface area contributed by atoms with Gasteiger partial charge in [0.2, 0.25) is 0 Å². The minimum absolute atomic E-state index is 0.490. The Morgan fingerprint density at radius 1 is 1.18 bits per heavy atom. The predicted molar refractivity (Wildman–Crippen MR) is 82.3 cm³/mol. The average Bonchev–Trinajstić information content (AvgIpc) is 2.45. The zero-order chi connectivity index (χ0) is 16.9. The number of benzene rings is 1. The van der Waals surface area contributed by atoms with Crippen LogP contribution in [0.4, 0.5) is 4.79 Å². The minimum atomic E-state index is -0.769. The van der Waals surface area contributed by atoms with E-state index in [1.807, 2.05) is 0 Å². The Balaban J connectivity index is 3.05. The van der Waals surface area contributed by atoms with E-state index >= 15 is 0 Å². The molecule has 0 aliphatic rings. The van der Waals surface area contributed by atoms with E-state index < -0.39 is 17.7 Å². The van der Waals surface area contributed by atoms with Crippen LogP contribution in [0.1, 0.15) is 32.4 Å². The van der Waals surface area contributed by atoms with Crippen LogP contribution in [-0.2, 0) is 9.53 Å². The maximum Gasteiger partial charge on any atom is 0.410 e. The second kappa shape index (κ2) is 7.15. The zero-order valence-electron chi connectivity index (χ0n) is 13.9. The lowest BCUT2D eigenvalue weighted by atomic mass is 10.1. The van der Waals surface area contributed by atoms with Gasteiger partial charge in [-0.3, -0.25) is 4.90 Å². The first-order valence-corrected chi connectivity index (χ1v) is 6.86. The van der Waals surface area contributed by atoms with E-state index in [2.05, 4.69) is 0 Å². The first kappa shape index (κ1) is 17.8. The fourth-order valence-corrected chi connectivity index (χ4v) is 1.88. The maximum atomic E-state index is 12.1. The van der Waals surface area contributed by atoms with Crippen LogP contribution >= 0.6 is 0 Å². The van der Waals surface area contributed by atoms with Crippen LogP contribution in [0, 0.1) is 0 Å². The molecule has 1 amide bonds. The molecule has 0 saturated carbocycles. The van der Waals surface area contributed by atoms with Gasteiger partial charge in [0.05, 0.1) is 14.2 Å². The third kappa shape index (κ3) is 4.38. The molecule has 22 heavy (non-hydrogen) atoms. The molecule has 0 fully saturated rings. The molecule has 0 spiro atoms. The molecule has 0 saturated heterocycles. The monoisotopic (exact) mass is 309 g/mol. The topological polar surface area (TPSA) is 65.1 Å². The molecular weight excluding hydrogens is 286 g/mol. The standard InChI is InChI=1S/C16H23NO5/c1-16(2,3)22-15(19)17(4)12(10-18)11-7-8-13(20-5)14(9-11)21-6/h7-10,12H,1-6H3. The quantitative estimate of drug-likeness (QED) is 0.783. The highest BCUT2D eigenvalue weighted by molar-refractivity contribution is 5.75. The number of methoxy groups -OCH3 is 2. The van der Waals surface area contributed by atoms with Gasteiger partial charge in [0, 0.05) is 7.05 Å². The predicted octanol–water partition coefficient (Wildman–Crippen LogP) is 2.81. The van der Waals surface area contributed by atoms with E-state index in [1.54, 1.807) is 39.0 Å². The Morgan fingerprint density at radius 3 is 2.23 bits per heavy atom. The summed E-state index contributed by atoms with van der Waals surface area (Å²) < 4.78 is 15.7. The van der Waals surface area contributed by atoms with Crippen molar-refractivity contribution in [2.24, 2.45) is 0 Å². The van der Waals surface area contributed by atoms with Gasteiger partial charge < -0.3 is 19.0 Å². The first-order valence-electron chi connectivity index (χ1n) is 6.86. The summed E-state index contributed by atoms with van der Waals surface area (Å²) in [4.78, 5) is 24.8. The minimum Gasteiger partial charge on any atom is -0.493 e. The van der Waals surface area contributed by atoms with Gasteiger partial charge in [-0.25, -0.2) is 4.79 Å². The molecule has 1 rings (SSSR count). The van der Waals surface area contributed by atoms with Gasteiger partial charge >= 0.3 is 6.09 Å². The van der Waals surface area contributed by atoms with Crippen molar-refractivity contribution in [3.63, 3.8) is 0 Å². The third-order valence-electron chi connectivity index (χ3n) is 2.98. The molecule has 6 heteroatoms. The maximum absolute atomic E-state index is 12.1. The summed E-state index contributed by atoms with van der Waals surface area (Å²) in [5, 5.41) is 0. The van der Waals surface area contributed by atoms with Crippen LogP contribution in [0.25, 0.3) is 0 Å². The van der Waals surface area contributed by atoms with Gasteiger partial charge in [-0.05, 0) is 38.5 Å². The highest BCUT2D eigenvalue weighted by atomic mass is 16.6. The van der Waals surface area contributed by atoms with Gasteiger partial charge in [0.1, 0.15) is 17.9 Å². The van der Waals surface area contributed by atoms with E-state index in [9.17, 15) is 9.59 Å². The molecule has 0 aliphatic carbocycles. The second-order valence-electron chi connectivity index (χ2n) is 5.79. The number of ether oxygens (including phenoxy) is 3. The number of hydrogen-bond acceptors (Lipinski definition) is 5. The van der Waals surface area contributed by atoms with Gasteiger partial charge in [-0.15, -0.1) is 0 Å². The Kier molecular flexibility index (Phi) is 5.79. The second-order valence-corrected chi connectivity index (χ2v) is 5.79. The lowest BCUT2D eigenvalue weighted by molar-refractivity contribution is -0.112. The number of amides is 1. The molecule has 6 nitrogen and oxygen atoms in total. The largest absolute Gasteiger partial charge is 0.493 e. The van der Waals surface area contributed by atoms with Crippen LogP contribution in [-0.4, -0.2) is 44.1 Å². The summed E-state index contributed by atoms with van der Waals surface area (Å²) in [6, 6.07) is 4.29. The van der Waals surface area contributed by atoms with E-state index in [0.29, 0.717) is 23.3 Å². The van der Waals surface area contributed by atoms with Crippen LogP contribution in [0.5, 0.6) is 11.5 Å². The molecular formula is C16H23NO5. The van der Waals surface area contributed by atoms with Crippen LogP contribution in [0.15, 0.2) is 18.2 Å². The molecule has 1 atom stereocenters. The van der Waals surface area contributed by atoms with Crippen LogP contribution in [0.3, 0.4) is 0 Å². The number of aldehydes is 1. The number of hydrogen-bond donors (Lipinski definition) is 0. The van der Waals surface area contributed by atoms with Crippen molar-refractivity contribution < 1.29 is 23.8 Å². The van der Waals surface area contributed by atoms with E-state index in [1.165, 1.54) is 26.2 Å².